The van der Waals surface area contributed by atoms with Crippen LogP contribution in [-0.2, 0) is 13.0 Å². The van der Waals surface area contributed by atoms with Crippen LogP contribution < -0.4 is 5.32 Å². The maximum absolute atomic E-state index is 6.10. The van der Waals surface area contributed by atoms with Crippen LogP contribution in [0.1, 0.15) is 38.2 Å². The van der Waals surface area contributed by atoms with Crippen LogP contribution in [-0.4, -0.2) is 28.0 Å². The van der Waals surface area contributed by atoms with Gasteiger partial charge >= 0.3 is 0 Å². The fourth-order valence-corrected chi connectivity index (χ4v) is 2.44. The molecule has 1 heterocycles. The predicted octanol–water partition coefficient (Wildman–Crippen LogP) is 3.25. The van der Waals surface area contributed by atoms with Gasteiger partial charge in [0.1, 0.15) is 5.82 Å². The molecule has 0 spiro atoms. The lowest BCUT2D eigenvalue weighted by Gasteiger charge is -2.11. The van der Waals surface area contributed by atoms with Crippen LogP contribution in [0, 0.1) is 0 Å². The lowest BCUT2D eigenvalue weighted by molar-refractivity contribution is 0.589. The van der Waals surface area contributed by atoms with Gasteiger partial charge in [-0.1, -0.05) is 24.9 Å². The zero-order chi connectivity index (χ0) is 12.7. The molecular formula is C12H22ClN3S. The molecule has 1 rings (SSSR count). The summed E-state index contributed by atoms with van der Waals surface area (Å²) in [5.41, 5.74) is 1.01. The molecule has 17 heavy (non-hydrogen) atoms. The number of unbranched alkanes of at least 4 members (excludes halogenated alkanes) is 1. The summed E-state index contributed by atoms with van der Waals surface area (Å²) in [5, 5.41) is 4.04. The maximum Gasteiger partial charge on any atom is 0.151 e. The Bertz CT molecular complexity index is 328. The van der Waals surface area contributed by atoms with Gasteiger partial charge in [0.25, 0.3) is 0 Å². The molecule has 1 aromatic rings. The lowest BCUT2D eigenvalue weighted by atomic mass is 10.2. The Morgan fingerprint density at radius 3 is 2.94 bits per heavy atom. The number of thioether (sulfide) groups is 1. The molecule has 2 N–H and O–H groups in total. The Morgan fingerprint density at radius 1 is 1.53 bits per heavy atom. The molecular weight excluding hydrogens is 254 g/mol. The Morgan fingerprint density at radius 2 is 2.29 bits per heavy atom. The van der Waals surface area contributed by atoms with E-state index in [-0.39, 0.29) is 0 Å². The molecule has 0 bridgehead atoms. The van der Waals surface area contributed by atoms with E-state index in [4.69, 9.17) is 11.6 Å². The normalized spacial score (nSPS) is 12.9. The van der Waals surface area contributed by atoms with Gasteiger partial charge in [-0.25, -0.2) is 4.98 Å². The average molecular weight is 276 g/mol. The summed E-state index contributed by atoms with van der Waals surface area (Å²) in [7, 11) is 0. The molecule has 0 aliphatic carbocycles. The van der Waals surface area contributed by atoms with E-state index in [1.54, 1.807) is 0 Å². The summed E-state index contributed by atoms with van der Waals surface area (Å²) in [5.74, 6) is 2.11. The molecule has 1 aromatic heterocycles. The number of halogens is 1. The van der Waals surface area contributed by atoms with Gasteiger partial charge in [0, 0.05) is 24.8 Å². The van der Waals surface area contributed by atoms with E-state index in [2.05, 4.69) is 35.4 Å². The maximum atomic E-state index is 6.10. The van der Waals surface area contributed by atoms with Crippen LogP contribution in [0.25, 0.3) is 0 Å². The molecule has 0 aromatic carbocycles. The summed E-state index contributed by atoms with van der Waals surface area (Å²) in [6, 6.07) is 0.489. The number of imidazole rings is 1. The minimum absolute atomic E-state index is 0.489. The van der Waals surface area contributed by atoms with Gasteiger partial charge in [-0.3, -0.25) is 0 Å². The standard InChI is InChI=1S/C12H22ClN3S/c1-4-5-6-11-15-10(12(13)16-11)7-14-9(2)8-17-3/h9,14H,4-8H2,1-3H3,(H,15,16). The van der Waals surface area contributed by atoms with Gasteiger partial charge in [-0.2, -0.15) is 11.8 Å². The van der Waals surface area contributed by atoms with Gasteiger partial charge in [0.05, 0.1) is 5.69 Å². The summed E-state index contributed by atoms with van der Waals surface area (Å²) in [6.45, 7) is 5.12. The van der Waals surface area contributed by atoms with Crippen LogP contribution in [0.4, 0.5) is 0 Å². The first-order valence-corrected chi connectivity index (χ1v) is 7.90. The Hall–Kier alpha value is -0.190. The van der Waals surface area contributed by atoms with Crippen molar-refractivity contribution in [2.45, 2.75) is 45.7 Å². The molecule has 0 aliphatic heterocycles. The summed E-state index contributed by atoms with van der Waals surface area (Å²) < 4.78 is 0. The van der Waals surface area contributed by atoms with E-state index in [0.717, 1.165) is 36.7 Å². The third-order valence-electron chi connectivity index (χ3n) is 2.59. The first-order valence-electron chi connectivity index (χ1n) is 6.13. The summed E-state index contributed by atoms with van der Waals surface area (Å²) in [4.78, 5) is 7.64. The first kappa shape index (κ1) is 14.9. The molecule has 0 fully saturated rings. The Kier molecular flexibility index (Phi) is 7.00. The fourth-order valence-electron chi connectivity index (χ4n) is 1.60. The summed E-state index contributed by atoms with van der Waals surface area (Å²) in [6.07, 6.45) is 5.43. The second kappa shape index (κ2) is 8.01. The fraction of sp³-hybridized carbons (Fsp3) is 0.750. The topological polar surface area (TPSA) is 40.7 Å². The second-order valence-corrected chi connectivity index (χ2v) is 5.56. The zero-order valence-corrected chi connectivity index (χ0v) is 12.4. The van der Waals surface area contributed by atoms with Crippen molar-refractivity contribution in [2.75, 3.05) is 12.0 Å². The Balaban J connectivity index is 2.44. The molecule has 3 nitrogen and oxygen atoms in total. The zero-order valence-electron chi connectivity index (χ0n) is 10.8. The third-order valence-corrected chi connectivity index (χ3v) is 3.73. The smallest absolute Gasteiger partial charge is 0.151 e. The van der Waals surface area contributed by atoms with Crippen molar-refractivity contribution in [3.63, 3.8) is 0 Å². The third kappa shape index (κ3) is 5.32. The highest BCUT2D eigenvalue weighted by Crippen LogP contribution is 2.14. The SMILES string of the molecule is CCCCc1nc(Cl)c(CNC(C)CSC)[nH]1. The number of aryl methyl sites for hydroxylation is 1. The van der Waals surface area contributed by atoms with E-state index in [9.17, 15) is 0 Å². The van der Waals surface area contributed by atoms with E-state index in [1.165, 1.54) is 6.42 Å². The van der Waals surface area contributed by atoms with Crippen molar-refractivity contribution in [1.29, 1.82) is 0 Å². The Labute approximate surface area is 113 Å². The number of aromatic nitrogens is 2. The number of H-pyrrole nitrogens is 1. The predicted molar refractivity (Wildman–Crippen MR) is 76.9 cm³/mol. The van der Waals surface area contributed by atoms with Crippen LogP contribution >= 0.6 is 23.4 Å². The van der Waals surface area contributed by atoms with Crippen LogP contribution in [0.5, 0.6) is 0 Å². The average Bonchev–Trinajstić information content (AvgIpc) is 2.65. The van der Waals surface area contributed by atoms with Gasteiger partial charge in [0.15, 0.2) is 5.15 Å². The van der Waals surface area contributed by atoms with E-state index < -0.39 is 0 Å². The van der Waals surface area contributed by atoms with Gasteiger partial charge in [-0.05, 0) is 19.6 Å². The highest BCUT2D eigenvalue weighted by atomic mass is 35.5. The van der Waals surface area contributed by atoms with Crippen molar-refractivity contribution in [3.8, 4) is 0 Å². The number of nitrogens with one attached hydrogen (secondary N) is 2. The number of nitrogens with zero attached hydrogens (tertiary/aromatic N) is 1. The molecule has 1 unspecified atom stereocenters. The van der Waals surface area contributed by atoms with E-state index in [1.807, 2.05) is 11.8 Å². The molecule has 0 saturated carbocycles. The molecule has 1 atom stereocenters. The molecule has 0 aliphatic rings. The lowest BCUT2D eigenvalue weighted by Crippen LogP contribution is -2.27. The monoisotopic (exact) mass is 275 g/mol. The van der Waals surface area contributed by atoms with Crippen LogP contribution in [0.3, 0.4) is 0 Å². The van der Waals surface area contributed by atoms with Gasteiger partial charge in [0.2, 0.25) is 0 Å². The molecule has 98 valence electrons. The number of hydrogen-bond donors (Lipinski definition) is 2. The minimum atomic E-state index is 0.489. The minimum Gasteiger partial charge on any atom is -0.344 e. The largest absolute Gasteiger partial charge is 0.344 e. The highest BCUT2D eigenvalue weighted by molar-refractivity contribution is 7.98. The first-order chi connectivity index (χ1) is 8.17. The van der Waals surface area contributed by atoms with Crippen molar-refractivity contribution in [1.82, 2.24) is 15.3 Å². The number of hydrogen-bond acceptors (Lipinski definition) is 3. The quantitative estimate of drug-likeness (QED) is 0.765. The van der Waals surface area contributed by atoms with E-state index in [0.29, 0.717) is 11.2 Å². The molecule has 0 radical (unpaired) electrons. The summed E-state index contributed by atoms with van der Waals surface area (Å²) >= 11 is 7.94. The van der Waals surface area contributed by atoms with Crippen molar-refractivity contribution < 1.29 is 0 Å². The second-order valence-electron chi connectivity index (χ2n) is 4.29. The van der Waals surface area contributed by atoms with Gasteiger partial charge < -0.3 is 10.3 Å². The van der Waals surface area contributed by atoms with Crippen LogP contribution in [0.2, 0.25) is 5.15 Å². The van der Waals surface area contributed by atoms with Crippen molar-refractivity contribution in [2.24, 2.45) is 0 Å². The van der Waals surface area contributed by atoms with Crippen molar-refractivity contribution in [3.05, 3.63) is 16.7 Å². The van der Waals surface area contributed by atoms with E-state index >= 15 is 0 Å². The highest BCUT2D eigenvalue weighted by Gasteiger charge is 2.09. The number of aromatic amines is 1. The molecule has 5 heteroatoms. The number of rotatable bonds is 8. The van der Waals surface area contributed by atoms with Crippen LogP contribution in [0.15, 0.2) is 0 Å². The van der Waals surface area contributed by atoms with Crippen molar-refractivity contribution >= 4 is 23.4 Å². The molecule has 0 saturated heterocycles. The molecule has 0 amide bonds. The van der Waals surface area contributed by atoms with Gasteiger partial charge in [-0.15, -0.1) is 0 Å².